The second-order valence-corrected chi connectivity index (χ2v) is 5.24. The van der Waals surface area contributed by atoms with Crippen LogP contribution < -0.4 is 4.74 Å². The monoisotopic (exact) mass is 354 g/mol. The van der Waals surface area contributed by atoms with Crippen molar-refractivity contribution in [3.8, 4) is 11.5 Å². The van der Waals surface area contributed by atoms with Gasteiger partial charge in [0.2, 0.25) is 5.75 Å². The van der Waals surface area contributed by atoms with Gasteiger partial charge in [-0.2, -0.15) is 0 Å². The fourth-order valence-electron chi connectivity index (χ4n) is 2.48. The molecule has 0 aromatic heterocycles. The Hall–Kier alpha value is -4.01. The number of benzene rings is 3. The summed E-state index contributed by atoms with van der Waals surface area (Å²) in [5.74, 6) is -1.64. The van der Waals surface area contributed by atoms with Crippen molar-refractivity contribution in [3.05, 3.63) is 80.4 Å². The number of aromatic carboxylic acids is 1. The summed E-state index contributed by atoms with van der Waals surface area (Å²) in [6.07, 6.45) is 0. The van der Waals surface area contributed by atoms with Gasteiger partial charge in [-0.05, 0) is 17.5 Å². The minimum atomic E-state index is -1.27. The van der Waals surface area contributed by atoms with Crippen LogP contribution in [0, 0.1) is 20.2 Å². The summed E-state index contributed by atoms with van der Waals surface area (Å²) in [4.78, 5) is 32.0. The van der Waals surface area contributed by atoms with Gasteiger partial charge in [0.05, 0.1) is 15.9 Å². The maximum atomic E-state index is 11.5. The second kappa shape index (κ2) is 6.48. The van der Waals surface area contributed by atoms with Crippen molar-refractivity contribution in [1.82, 2.24) is 0 Å². The lowest BCUT2D eigenvalue weighted by molar-refractivity contribution is -0.394. The van der Waals surface area contributed by atoms with E-state index in [1.165, 1.54) is 6.07 Å². The van der Waals surface area contributed by atoms with E-state index in [1.807, 2.05) is 0 Å². The van der Waals surface area contributed by atoms with Gasteiger partial charge in [0.1, 0.15) is 11.3 Å². The summed E-state index contributed by atoms with van der Waals surface area (Å²) in [6.45, 7) is 0. The lowest BCUT2D eigenvalue weighted by atomic mass is 10.1. The molecule has 0 heterocycles. The number of hydrogen-bond acceptors (Lipinski definition) is 6. The highest BCUT2D eigenvalue weighted by Crippen LogP contribution is 2.39. The van der Waals surface area contributed by atoms with E-state index in [4.69, 9.17) is 4.74 Å². The lowest BCUT2D eigenvalue weighted by Crippen LogP contribution is -2.02. The van der Waals surface area contributed by atoms with Crippen LogP contribution in [-0.2, 0) is 0 Å². The second-order valence-electron chi connectivity index (χ2n) is 5.24. The van der Waals surface area contributed by atoms with Crippen LogP contribution in [0.2, 0.25) is 0 Å². The van der Waals surface area contributed by atoms with Crippen molar-refractivity contribution >= 4 is 28.1 Å². The molecule has 0 bridgehead atoms. The first-order valence-electron chi connectivity index (χ1n) is 7.24. The van der Waals surface area contributed by atoms with Crippen LogP contribution in [0.15, 0.2) is 54.6 Å². The molecule has 0 aliphatic heterocycles. The summed E-state index contributed by atoms with van der Waals surface area (Å²) >= 11 is 0. The maximum absolute atomic E-state index is 11.5. The van der Waals surface area contributed by atoms with Crippen molar-refractivity contribution in [2.24, 2.45) is 0 Å². The minimum absolute atomic E-state index is 0.0763. The van der Waals surface area contributed by atoms with E-state index >= 15 is 0 Å². The summed E-state index contributed by atoms with van der Waals surface area (Å²) in [5.41, 5.74) is -1.29. The number of carboxylic acids is 1. The molecule has 1 N–H and O–H groups in total. The molecule has 0 fully saturated rings. The van der Waals surface area contributed by atoms with E-state index in [0.29, 0.717) is 10.8 Å². The molecule has 0 saturated heterocycles. The first-order valence-corrected chi connectivity index (χ1v) is 7.24. The predicted molar refractivity (Wildman–Crippen MR) is 90.7 cm³/mol. The largest absolute Gasteiger partial charge is 0.478 e. The molecule has 26 heavy (non-hydrogen) atoms. The van der Waals surface area contributed by atoms with Crippen molar-refractivity contribution < 1.29 is 24.5 Å². The third-order valence-corrected chi connectivity index (χ3v) is 3.67. The van der Waals surface area contributed by atoms with E-state index < -0.39 is 27.2 Å². The van der Waals surface area contributed by atoms with Crippen molar-refractivity contribution in [3.63, 3.8) is 0 Å². The average Bonchev–Trinajstić information content (AvgIpc) is 2.61. The first-order chi connectivity index (χ1) is 12.4. The van der Waals surface area contributed by atoms with Crippen LogP contribution in [0.25, 0.3) is 10.8 Å². The zero-order valence-corrected chi connectivity index (χ0v) is 13.0. The predicted octanol–water partition coefficient (Wildman–Crippen LogP) is 4.15. The maximum Gasteiger partial charge on any atom is 0.339 e. The number of fused-ring (bicyclic) bond motifs is 1. The number of ether oxygens (including phenoxy) is 1. The van der Waals surface area contributed by atoms with Crippen molar-refractivity contribution in [1.29, 1.82) is 0 Å². The number of nitrogens with zero attached hydrogens (tertiary/aromatic N) is 2. The highest BCUT2D eigenvalue weighted by molar-refractivity contribution is 6.00. The van der Waals surface area contributed by atoms with Crippen LogP contribution in [0.5, 0.6) is 11.5 Å². The SMILES string of the molecule is O=C(O)c1ccc2ccccc2c1Oc1ccc([N+](=O)[O-])cc1[N+](=O)[O-]. The molecule has 0 unspecified atom stereocenters. The minimum Gasteiger partial charge on any atom is -0.478 e. The Morgan fingerprint density at radius 3 is 2.35 bits per heavy atom. The molecule has 0 spiro atoms. The highest BCUT2D eigenvalue weighted by atomic mass is 16.6. The molecule has 0 radical (unpaired) electrons. The van der Waals surface area contributed by atoms with Crippen LogP contribution in [0.4, 0.5) is 11.4 Å². The van der Waals surface area contributed by atoms with Gasteiger partial charge >= 0.3 is 11.7 Å². The molecule has 0 aliphatic rings. The number of carboxylic acid groups (broad SMARTS) is 1. The Balaban J connectivity index is 2.20. The van der Waals surface area contributed by atoms with Gasteiger partial charge in [-0.3, -0.25) is 20.2 Å². The van der Waals surface area contributed by atoms with Crippen LogP contribution in [0.3, 0.4) is 0 Å². The fourth-order valence-corrected chi connectivity index (χ4v) is 2.48. The van der Waals surface area contributed by atoms with Gasteiger partial charge in [0.15, 0.2) is 0 Å². The topological polar surface area (TPSA) is 133 Å². The average molecular weight is 354 g/mol. The number of carbonyl (C=O) groups is 1. The van der Waals surface area contributed by atoms with Crippen LogP contribution in [0.1, 0.15) is 10.4 Å². The standard InChI is InChI=1S/C17H10N2O7/c20-17(21)13-7-5-10-3-1-2-4-12(10)16(13)26-15-8-6-11(18(22)23)9-14(15)19(24)25/h1-9H,(H,20,21). The highest BCUT2D eigenvalue weighted by Gasteiger charge is 2.24. The number of rotatable bonds is 5. The Kier molecular flexibility index (Phi) is 4.19. The molecule has 9 heteroatoms. The Morgan fingerprint density at radius 2 is 1.69 bits per heavy atom. The molecule has 0 amide bonds. The third-order valence-electron chi connectivity index (χ3n) is 3.67. The van der Waals surface area contributed by atoms with Gasteiger partial charge in [-0.15, -0.1) is 0 Å². The number of nitro groups is 2. The van der Waals surface area contributed by atoms with Crippen molar-refractivity contribution in [2.75, 3.05) is 0 Å². The molecule has 3 aromatic carbocycles. The molecule has 0 saturated carbocycles. The van der Waals surface area contributed by atoms with Crippen LogP contribution in [-0.4, -0.2) is 20.9 Å². The molecular formula is C17H10N2O7. The summed E-state index contributed by atoms with van der Waals surface area (Å²) in [6, 6.07) is 12.6. The number of nitro benzene ring substituents is 2. The summed E-state index contributed by atoms with van der Waals surface area (Å²) in [7, 11) is 0. The molecule has 9 nitrogen and oxygen atoms in total. The smallest absolute Gasteiger partial charge is 0.339 e. The Bertz CT molecular complexity index is 1060. The van der Waals surface area contributed by atoms with E-state index in [-0.39, 0.29) is 17.1 Å². The molecule has 0 aliphatic carbocycles. The molecule has 130 valence electrons. The normalized spacial score (nSPS) is 10.5. The molecule has 3 rings (SSSR count). The van der Waals surface area contributed by atoms with Crippen molar-refractivity contribution in [2.45, 2.75) is 0 Å². The van der Waals surface area contributed by atoms with E-state index in [0.717, 1.165) is 18.2 Å². The van der Waals surface area contributed by atoms with Gasteiger partial charge in [-0.25, -0.2) is 4.79 Å². The third kappa shape index (κ3) is 3.00. The fraction of sp³-hybridized carbons (Fsp3) is 0. The van der Waals surface area contributed by atoms with Crippen LogP contribution >= 0.6 is 0 Å². The van der Waals surface area contributed by atoms with Gasteiger partial charge in [0.25, 0.3) is 5.69 Å². The van der Waals surface area contributed by atoms with E-state index in [9.17, 15) is 30.1 Å². The van der Waals surface area contributed by atoms with E-state index in [1.54, 1.807) is 30.3 Å². The zero-order chi connectivity index (χ0) is 18.8. The molecule has 3 aromatic rings. The van der Waals surface area contributed by atoms with Gasteiger partial charge in [0, 0.05) is 11.5 Å². The first kappa shape index (κ1) is 16.8. The van der Waals surface area contributed by atoms with Gasteiger partial charge in [-0.1, -0.05) is 30.3 Å². The van der Waals surface area contributed by atoms with Gasteiger partial charge < -0.3 is 9.84 Å². The number of non-ortho nitro benzene ring substituents is 1. The number of hydrogen-bond donors (Lipinski definition) is 1. The Morgan fingerprint density at radius 1 is 0.962 bits per heavy atom. The zero-order valence-electron chi connectivity index (χ0n) is 13.0. The molecular weight excluding hydrogens is 344 g/mol. The quantitative estimate of drug-likeness (QED) is 0.537. The molecule has 0 atom stereocenters. The Labute approximate surface area is 145 Å². The summed E-state index contributed by atoms with van der Waals surface area (Å²) in [5, 5.41) is 32.6. The lowest BCUT2D eigenvalue weighted by Gasteiger charge is -2.12. The summed E-state index contributed by atoms with van der Waals surface area (Å²) < 4.78 is 5.57. The van der Waals surface area contributed by atoms with E-state index in [2.05, 4.69) is 0 Å².